The zero-order valence-corrected chi connectivity index (χ0v) is 20.0. The Hall–Kier alpha value is -4.71. The van der Waals surface area contributed by atoms with E-state index in [0.29, 0.717) is 17.1 Å². The maximum absolute atomic E-state index is 12.4. The lowest BCUT2D eigenvalue weighted by molar-refractivity contribution is -0.127. The van der Waals surface area contributed by atoms with Crippen molar-refractivity contribution in [3.63, 3.8) is 0 Å². The summed E-state index contributed by atoms with van der Waals surface area (Å²) < 4.78 is 11.1. The Morgan fingerprint density at radius 1 is 0.806 bits per heavy atom. The van der Waals surface area contributed by atoms with Gasteiger partial charge in [-0.05, 0) is 79.1 Å². The maximum atomic E-state index is 12.4. The first-order valence-corrected chi connectivity index (χ1v) is 11.5. The van der Waals surface area contributed by atoms with Gasteiger partial charge in [0.1, 0.15) is 11.5 Å². The van der Waals surface area contributed by atoms with Gasteiger partial charge in [0.05, 0.1) is 11.8 Å². The van der Waals surface area contributed by atoms with E-state index in [0.717, 1.165) is 22.3 Å². The molecule has 0 aliphatic carbocycles. The molecule has 180 valence electrons. The summed E-state index contributed by atoms with van der Waals surface area (Å²) in [5.74, 6) is 0.221. The normalized spacial score (nSPS) is 11.6. The lowest BCUT2D eigenvalue weighted by Gasteiger charge is -2.13. The zero-order valence-electron chi connectivity index (χ0n) is 20.0. The van der Waals surface area contributed by atoms with Gasteiger partial charge < -0.3 is 9.47 Å². The van der Waals surface area contributed by atoms with Crippen LogP contribution >= 0.6 is 0 Å². The molecule has 0 spiro atoms. The number of benzene rings is 4. The van der Waals surface area contributed by atoms with Gasteiger partial charge in [0.15, 0.2) is 6.10 Å². The van der Waals surface area contributed by atoms with E-state index in [1.165, 1.54) is 6.21 Å². The first kappa shape index (κ1) is 24.4. The Balaban J connectivity index is 1.26. The molecule has 0 aliphatic heterocycles. The smallest absolute Gasteiger partial charge is 0.343 e. The van der Waals surface area contributed by atoms with Crippen LogP contribution in [-0.4, -0.2) is 24.2 Å². The van der Waals surface area contributed by atoms with Gasteiger partial charge in [-0.3, -0.25) is 4.79 Å². The Kier molecular flexibility index (Phi) is 7.88. The quantitative estimate of drug-likeness (QED) is 0.150. The SMILES string of the molecule is Cc1cccc(C(=O)Oc2ccc(/C=N\NC(=O)[C@H](C)Oc3ccc(-c4ccccc4)cc3)cc2)c1. The van der Waals surface area contributed by atoms with E-state index in [9.17, 15) is 9.59 Å². The number of nitrogens with zero attached hydrogens (tertiary/aromatic N) is 1. The molecule has 0 saturated heterocycles. The molecule has 0 fully saturated rings. The number of hydrogen-bond acceptors (Lipinski definition) is 5. The molecule has 0 unspecified atom stereocenters. The van der Waals surface area contributed by atoms with Crippen LogP contribution in [0.2, 0.25) is 0 Å². The molecule has 6 nitrogen and oxygen atoms in total. The molecule has 4 aromatic carbocycles. The van der Waals surface area contributed by atoms with Crippen LogP contribution in [-0.2, 0) is 4.79 Å². The number of carbonyl (C=O) groups is 2. The molecular weight excluding hydrogens is 452 g/mol. The highest BCUT2D eigenvalue weighted by atomic mass is 16.5. The number of hydrogen-bond donors (Lipinski definition) is 1. The largest absolute Gasteiger partial charge is 0.481 e. The predicted molar refractivity (Wildman–Crippen MR) is 140 cm³/mol. The van der Waals surface area contributed by atoms with Crippen molar-refractivity contribution < 1.29 is 19.1 Å². The molecule has 1 atom stereocenters. The first-order chi connectivity index (χ1) is 17.5. The van der Waals surface area contributed by atoms with Gasteiger partial charge in [0.25, 0.3) is 5.91 Å². The van der Waals surface area contributed by atoms with Gasteiger partial charge in [-0.15, -0.1) is 0 Å². The van der Waals surface area contributed by atoms with Crippen LogP contribution < -0.4 is 14.9 Å². The Labute approximate surface area is 210 Å². The van der Waals surface area contributed by atoms with E-state index < -0.39 is 12.1 Å². The summed E-state index contributed by atoms with van der Waals surface area (Å²) in [5, 5.41) is 3.99. The van der Waals surface area contributed by atoms with Crippen LogP contribution in [0.3, 0.4) is 0 Å². The zero-order chi connectivity index (χ0) is 25.3. The number of ether oxygens (including phenoxy) is 2. The van der Waals surface area contributed by atoms with Crippen molar-refractivity contribution in [2.45, 2.75) is 20.0 Å². The number of nitrogens with one attached hydrogen (secondary N) is 1. The fourth-order valence-corrected chi connectivity index (χ4v) is 3.44. The minimum absolute atomic E-state index is 0.373. The lowest BCUT2D eigenvalue weighted by Crippen LogP contribution is -2.33. The van der Waals surface area contributed by atoms with Crippen LogP contribution in [0.1, 0.15) is 28.4 Å². The van der Waals surface area contributed by atoms with Crippen LogP contribution in [0.25, 0.3) is 11.1 Å². The Morgan fingerprint density at radius 3 is 2.17 bits per heavy atom. The van der Waals surface area contributed by atoms with Crippen molar-refractivity contribution in [3.8, 4) is 22.6 Å². The second-order valence-corrected chi connectivity index (χ2v) is 8.21. The minimum atomic E-state index is -0.729. The third kappa shape index (κ3) is 6.67. The molecule has 4 aromatic rings. The molecule has 6 heteroatoms. The third-order valence-corrected chi connectivity index (χ3v) is 5.38. The van der Waals surface area contributed by atoms with Gasteiger partial charge in [0.2, 0.25) is 0 Å². The molecule has 4 rings (SSSR count). The molecule has 1 amide bonds. The molecule has 36 heavy (non-hydrogen) atoms. The van der Waals surface area contributed by atoms with Gasteiger partial charge in [-0.2, -0.15) is 5.10 Å². The third-order valence-electron chi connectivity index (χ3n) is 5.38. The summed E-state index contributed by atoms with van der Waals surface area (Å²) >= 11 is 0. The van der Waals surface area contributed by atoms with Crippen LogP contribution in [0.4, 0.5) is 0 Å². The summed E-state index contributed by atoms with van der Waals surface area (Å²) in [6.45, 7) is 3.58. The minimum Gasteiger partial charge on any atom is -0.481 e. The molecule has 0 aliphatic rings. The molecule has 0 heterocycles. The van der Waals surface area contributed by atoms with E-state index in [2.05, 4.69) is 10.5 Å². The van der Waals surface area contributed by atoms with E-state index in [1.54, 1.807) is 43.3 Å². The second kappa shape index (κ2) is 11.6. The predicted octanol–water partition coefficient (Wildman–Crippen LogP) is 5.80. The number of aryl methyl sites for hydroxylation is 1. The summed E-state index contributed by atoms with van der Waals surface area (Å²) in [6.07, 6.45) is 0.777. The average Bonchev–Trinajstić information content (AvgIpc) is 2.90. The van der Waals surface area contributed by atoms with Crippen molar-refractivity contribution in [1.82, 2.24) is 5.43 Å². The monoisotopic (exact) mass is 478 g/mol. The van der Waals surface area contributed by atoms with Crippen LogP contribution in [0, 0.1) is 6.92 Å². The highest BCUT2D eigenvalue weighted by molar-refractivity contribution is 5.91. The molecule has 0 saturated carbocycles. The highest BCUT2D eigenvalue weighted by Crippen LogP contribution is 2.22. The lowest BCUT2D eigenvalue weighted by atomic mass is 10.1. The van der Waals surface area contributed by atoms with E-state index in [4.69, 9.17) is 9.47 Å². The van der Waals surface area contributed by atoms with Crippen molar-refractivity contribution in [2.75, 3.05) is 0 Å². The molecule has 0 bridgehead atoms. The van der Waals surface area contributed by atoms with Gasteiger partial charge >= 0.3 is 5.97 Å². The first-order valence-electron chi connectivity index (χ1n) is 11.5. The van der Waals surface area contributed by atoms with Crippen LogP contribution in [0.15, 0.2) is 108 Å². The van der Waals surface area contributed by atoms with Gasteiger partial charge in [0, 0.05) is 0 Å². The Morgan fingerprint density at radius 2 is 1.47 bits per heavy atom. The van der Waals surface area contributed by atoms with Crippen molar-refractivity contribution in [3.05, 3.63) is 120 Å². The second-order valence-electron chi connectivity index (χ2n) is 8.21. The summed E-state index contributed by atoms with van der Waals surface area (Å²) in [7, 11) is 0. The number of carbonyl (C=O) groups excluding carboxylic acids is 2. The van der Waals surface area contributed by atoms with E-state index in [-0.39, 0.29) is 5.91 Å². The standard InChI is InChI=1S/C30H26N2O4/c1-21-7-6-10-26(19-21)30(34)36-28-15-11-23(12-16-28)20-31-32-29(33)22(2)35-27-17-13-25(14-18-27)24-8-4-3-5-9-24/h3-20,22H,1-2H3,(H,32,33)/b31-20-/t22-/m0/s1. The summed E-state index contributed by atoms with van der Waals surface area (Å²) in [5.41, 5.74) is 6.87. The Bertz CT molecular complexity index is 1350. The number of rotatable bonds is 8. The average molecular weight is 479 g/mol. The van der Waals surface area contributed by atoms with Crippen LogP contribution in [0.5, 0.6) is 11.5 Å². The van der Waals surface area contributed by atoms with Gasteiger partial charge in [-0.1, -0.05) is 60.2 Å². The number of amides is 1. The van der Waals surface area contributed by atoms with E-state index >= 15 is 0 Å². The molecular formula is C30H26N2O4. The molecule has 1 N–H and O–H groups in total. The number of hydrazone groups is 1. The fourth-order valence-electron chi connectivity index (χ4n) is 3.44. The van der Waals surface area contributed by atoms with Crippen molar-refractivity contribution in [2.24, 2.45) is 5.10 Å². The topological polar surface area (TPSA) is 77.0 Å². The number of esters is 1. The fraction of sp³-hybridized carbons (Fsp3) is 0.100. The van der Waals surface area contributed by atoms with E-state index in [1.807, 2.05) is 73.7 Å². The van der Waals surface area contributed by atoms with Crippen molar-refractivity contribution in [1.29, 1.82) is 0 Å². The van der Waals surface area contributed by atoms with Crippen molar-refractivity contribution >= 4 is 18.1 Å². The summed E-state index contributed by atoms with van der Waals surface area (Å²) in [4.78, 5) is 24.6. The highest BCUT2D eigenvalue weighted by Gasteiger charge is 2.14. The maximum Gasteiger partial charge on any atom is 0.343 e. The summed E-state index contributed by atoms with van der Waals surface area (Å²) in [6, 6.07) is 31.6. The molecule has 0 radical (unpaired) electrons. The van der Waals surface area contributed by atoms with Gasteiger partial charge in [-0.25, -0.2) is 10.2 Å². The molecule has 0 aromatic heterocycles.